The molecule has 0 saturated heterocycles. The zero-order valence-electron chi connectivity index (χ0n) is 9.46. The number of halogens is 1. The van der Waals surface area contributed by atoms with Crippen molar-refractivity contribution in [2.24, 2.45) is 0 Å². The molecule has 2 heteroatoms. The number of hydrogen-bond donors (Lipinski definition) is 0. The van der Waals surface area contributed by atoms with Crippen LogP contribution in [0.25, 0.3) is 0 Å². The summed E-state index contributed by atoms with van der Waals surface area (Å²) in [5, 5.41) is 0.757. The summed E-state index contributed by atoms with van der Waals surface area (Å²) < 4.78 is 2.26. The lowest BCUT2D eigenvalue weighted by Crippen LogP contribution is -2.21. The summed E-state index contributed by atoms with van der Waals surface area (Å²) in [6.07, 6.45) is 3.65. The molecule has 82 valence electrons. The molecule has 0 fully saturated rings. The normalized spacial score (nSPS) is 15.6. The lowest BCUT2D eigenvalue weighted by atomic mass is 10.1. The molecule has 16 heavy (non-hydrogen) atoms. The van der Waals surface area contributed by atoms with Crippen molar-refractivity contribution in [1.82, 2.24) is 0 Å². The third kappa shape index (κ3) is 2.87. The third-order valence-corrected chi connectivity index (χ3v) is 3.07. The minimum absolute atomic E-state index is 0.757. The van der Waals surface area contributed by atoms with E-state index in [1.54, 1.807) is 0 Å². The number of nitrogens with zero attached hydrogens (tertiary/aromatic N) is 1. The molecule has 0 aromatic heterocycles. The second kappa shape index (κ2) is 5.18. The van der Waals surface area contributed by atoms with Crippen LogP contribution < -0.4 is 0 Å². The Balaban J connectivity index is 2.18. The van der Waals surface area contributed by atoms with Crippen molar-refractivity contribution in [3.63, 3.8) is 0 Å². The van der Waals surface area contributed by atoms with Gasteiger partial charge in [0, 0.05) is 29.3 Å². The molecule has 0 unspecified atom stereocenters. The Morgan fingerprint density at radius 3 is 2.56 bits per heavy atom. The van der Waals surface area contributed by atoms with Crippen LogP contribution >= 0.6 is 11.6 Å². The average molecular weight is 233 g/mol. The van der Waals surface area contributed by atoms with E-state index < -0.39 is 0 Å². The van der Waals surface area contributed by atoms with Crippen LogP contribution in [0, 0.1) is 11.8 Å². The van der Waals surface area contributed by atoms with Gasteiger partial charge in [-0.3, -0.25) is 0 Å². The fourth-order valence-electron chi connectivity index (χ4n) is 1.80. The van der Waals surface area contributed by atoms with Gasteiger partial charge >= 0.3 is 0 Å². The first-order valence-electron chi connectivity index (χ1n) is 5.60. The Kier molecular flexibility index (Phi) is 3.64. The molecule has 0 spiro atoms. The number of benzene rings is 1. The standard InChI is InChI=1S/C14H15ClN/c1-16-11-3-2-4-14(16)10-7-12-5-8-13(15)9-6-12/h5-6,8-9H,2-4,11H2,1H3/q+1. The molecule has 1 nitrogen and oxygen atoms in total. The Hall–Kier alpha value is -1.26. The first kappa shape index (κ1) is 11.2. The van der Waals surface area contributed by atoms with E-state index in [1.807, 2.05) is 24.3 Å². The summed E-state index contributed by atoms with van der Waals surface area (Å²) in [7, 11) is 2.12. The lowest BCUT2D eigenvalue weighted by molar-refractivity contribution is -0.501. The van der Waals surface area contributed by atoms with Crippen LogP contribution in [-0.2, 0) is 0 Å². The Morgan fingerprint density at radius 2 is 1.88 bits per heavy atom. The van der Waals surface area contributed by atoms with Crippen LogP contribution in [-0.4, -0.2) is 23.9 Å². The minimum atomic E-state index is 0.757. The first-order chi connectivity index (χ1) is 7.75. The molecule has 0 N–H and O–H groups in total. The quantitative estimate of drug-likeness (QED) is 0.478. The first-order valence-corrected chi connectivity index (χ1v) is 5.98. The highest BCUT2D eigenvalue weighted by atomic mass is 35.5. The van der Waals surface area contributed by atoms with Gasteiger partial charge in [-0.05, 0) is 30.7 Å². The predicted molar refractivity (Wildman–Crippen MR) is 68.2 cm³/mol. The molecule has 1 heterocycles. The SMILES string of the molecule is C[N+]1=C(C#Cc2ccc(Cl)cc2)CCCC1. The molecule has 0 saturated carbocycles. The summed E-state index contributed by atoms with van der Waals surface area (Å²) in [5.41, 5.74) is 2.28. The predicted octanol–water partition coefficient (Wildman–Crippen LogP) is 2.96. The van der Waals surface area contributed by atoms with Gasteiger partial charge in [0.2, 0.25) is 5.71 Å². The van der Waals surface area contributed by atoms with Gasteiger partial charge in [0.05, 0.1) is 0 Å². The zero-order valence-corrected chi connectivity index (χ0v) is 10.2. The largest absolute Gasteiger partial charge is 0.229 e. The second-order valence-electron chi connectivity index (χ2n) is 4.08. The van der Waals surface area contributed by atoms with E-state index in [9.17, 15) is 0 Å². The summed E-state index contributed by atoms with van der Waals surface area (Å²) in [6.45, 7) is 1.13. The van der Waals surface area contributed by atoms with Gasteiger partial charge in [-0.15, -0.1) is 0 Å². The minimum Gasteiger partial charge on any atom is -0.229 e. The smallest absolute Gasteiger partial charge is 0.227 e. The van der Waals surface area contributed by atoms with E-state index in [2.05, 4.69) is 23.5 Å². The summed E-state index contributed by atoms with van der Waals surface area (Å²) in [5.74, 6) is 6.44. The van der Waals surface area contributed by atoms with Crippen LogP contribution in [0.2, 0.25) is 5.02 Å². The van der Waals surface area contributed by atoms with Crippen molar-refractivity contribution in [3.05, 3.63) is 34.9 Å². The highest BCUT2D eigenvalue weighted by Crippen LogP contribution is 2.09. The van der Waals surface area contributed by atoms with E-state index in [4.69, 9.17) is 11.6 Å². The van der Waals surface area contributed by atoms with Crippen LogP contribution in [0.3, 0.4) is 0 Å². The molecule has 1 aliphatic heterocycles. The molecule has 1 aliphatic rings. The maximum absolute atomic E-state index is 5.82. The molecule has 0 aliphatic carbocycles. The van der Waals surface area contributed by atoms with Gasteiger partial charge in [-0.25, -0.2) is 4.58 Å². The van der Waals surface area contributed by atoms with Crippen LogP contribution in [0.5, 0.6) is 0 Å². The maximum atomic E-state index is 5.82. The fourth-order valence-corrected chi connectivity index (χ4v) is 1.93. The van der Waals surface area contributed by atoms with E-state index >= 15 is 0 Å². The molecular weight excluding hydrogens is 218 g/mol. The summed E-state index contributed by atoms with van der Waals surface area (Å²) in [6, 6.07) is 7.67. The van der Waals surface area contributed by atoms with Gasteiger partial charge in [0.1, 0.15) is 13.6 Å². The van der Waals surface area contributed by atoms with Gasteiger partial charge in [-0.2, -0.15) is 0 Å². The van der Waals surface area contributed by atoms with E-state index in [1.165, 1.54) is 18.6 Å². The number of hydrogen-bond acceptors (Lipinski definition) is 0. The van der Waals surface area contributed by atoms with Crippen molar-refractivity contribution in [2.75, 3.05) is 13.6 Å². The average Bonchev–Trinajstić information content (AvgIpc) is 2.30. The van der Waals surface area contributed by atoms with Crippen molar-refractivity contribution in [3.8, 4) is 11.8 Å². The Morgan fingerprint density at radius 1 is 1.12 bits per heavy atom. The molecular formula is C14H15ClN+. The molecule has 0 amide bonds. The molecule has 0 bridgehead atoms. The van der Waals surface area contributed by atoms with Gasteiger partial charge < -0.3 is 0 Å². The van der Waals surface area contributed by atoms with Crippen molar-refractivity contribution >= 4 is 17.3 Å². The van der Waals surface area contributed by atoms with Gasteiger partial charge in [0.15, 0.2) is 0 Å². The fraction of sp³-hybridized carbons (Fsp3) is 0.357. The molecule has 0 radical (unpaired) electrons. The molecule has 1 aromatic carbocycles. The monoisotopic (exact) mass is 232 g/mol. The molecule has 2 rings (SSSR count). The van der Waals surface area contributed by atoms with Crippen LogP contribution in [0.15, 0.2) is 24.3 Å². The summed E-state index contributed by atoms with van der Waals surface area (Å²) >= 11 is 5.82. The highest BCUT2D eigenvalue weighted by molar-refractivity contribution is 6.30. The maximum Gasteiger partial charge on any atom is 0.227 e. The van der Waals surface area contributed by atoms with E-state index in [0.717, 1.165) is 23.6 Å². The summed E-state index contributed by atoms with van der Waals surface area (Å²) in [4.78, 5) is 0. The molecule has 1 aromatic rings. The van der Waals surface area contributed by atoms with E-state index in [0.29, 0.717) is 0 Å². The number of rotatable bonds is 0. The Bertz CT molecular complexity index is 460. The third-order valence-electron chi connectivity index (χ3n) is 2.81. The van der Waals surface area contributed by atoms with Crippen LogP contribution in [0.4, 0.5) is 0 Å². The lowest BCUT2D eigenvalue weighted by Gasteiger charge is -2.06. The van der Waals surface area contributed by atoms with Crippen LogP contribution in [0.1, 0.15) is 24.8 Å². The van der Waals surface area contributed by atoms with Crippen molar-refractivity contribution in [2.45, 2.75) is 19.3 Å². The van der Waals surface area contributed by atoms with Gasteiger partial charge in [0.25, 0.3) is 0 Å². The second-order valence-corrected chi connectivity index (χ2v) is 4.52. The topological polar surface area (TPSA) is 3.01 Å². The van der Waals surface area contributed by atoms with Crippen molar-refractivity contribution < 1.29 is 4.58 Å². The zero-order chi connectivity index (χ0) is 11.4. The Labute approximate surface area is 102 Å². The highest BCUT2D eigenvalue weighted by Gasteiger charge is 2.13. The van der Waals surface area contributed by atoms with Crippen molar-refractivity contribution in [1.29, 1.82) is 0 Å². The van der Waals surface area contributed by atoms with E-state index in [-0.39, 0.29) is 0 Å². The molecule has 0 atom stereocenters. The van der Waals surface area contributed by atoms with Gasteiger partial charge in [-0.1, -0.05) is 17.5 Å².